The normalized spacial score (nSPS) is 3.50. The largest absolute Gasteiger partial charge is 0.147 e. The summed E-state index contributed by atoms with van der Waals surface area (Å²) in [5, 5.41) is 0. The van der Waals surface area contributed by atoms with Gasteiger partial charge in [0, 0.05) is 0 Å². The average Bonchev–Trinajstić information content (AvgIpc) is 1.37. The van der Waals surface area contributed by atoms with E-state index in [-0.39, 0.29) is 0 Å². The Hall–Kier alpha value is -0.223. The first-order valence-electron chi connectivity index (χ1n) is 1.00. The molecule has 19 valence electrons. The molecule has 0 saturated heterocycles. The van der Waals surface area contributed by atoms with Crippen LogP contribution in [0.4, 0.5) is 0 Å². The molecule has 0 aliphatic heterocycles. The van der Waals surface area contributed by atoms with E-state index in [0.717, 1.165) is 0 Å². The van der Waals surface area contributed by atoms with E-state index in [0.29, 0.717) is 0 Å². The number of rotatable bonds is 0. The quantitative estimate of drug-likeness (QED) is 0.279. The summed E-state index contributed by atoms with van der Waals surface area (Å²) in [5.41, 5.74) is 2.49. The molecule has 0 bridgehead atoms. The van der Waals surface area contributed by atoms with E-state index in [9.17, 15) is 0 Å². The summed E-state index contributed by atoms with van der Waals surface area (Å²) in [7, 11) is 2.93. The second kappa shape index (κ2) is 2.78. The molecule has 0 unspecified atom stereocenters. The minimum absolute atomic E-state index is 1.77. The monoisotopic (exact) mass is 67.0 g/mol. The molecular formula is C3H3Si. The summed E-state index contributed by atoms with van der Waals surface area (Å²) in [4.78, 5) is 0. The Morgan fingerprint density at radius 1 is 1.75 bits per heavy atom. The molecule has 0 aliphatic carbocycles. The molecule has 0 saturated carbocycles. The Balaban J connectivity index is 2.83. The van der Waals surface area contributed by atoms with Gasteiger partial charge in [0.25, 0.3) is 0 Å². The van der Waals surface area contributed by atoms with Crippen LogP contribution in [0.2, 0.25) is 0 Å². The maximum Gasteiger partial charge on any atom is 0.147 e. The predicted molar refractivity (Wildman–Crippen MR) is 19.2 cm³/mol. The lowest BCUT2D eigenvalue weighted by atomic mass is 10.8. The Morgan fingerprint density at radius 2 is 2.00 bits per heavy atom. The van der Waals surface area contributed by atoms with Crippen LogP contribution in [0.1, 0.15) is 6.92 Å². The average molecular weight is 67.1 g/mol. The van der Waals surface area contributed by atoms with Crippen LogP contribution in [0.3, 0.4) is 0 Å². The van der Waals surface area contributed by atoms with Gasteiger partial charge in [-0.05, 0) is 6.92 Å². The highest BCUT2D eigenvalue weighted by Crippen LogP contribution is 1.32. The molecule has 0 aromatic rings. The van der Waals surface area contributed by atoms with Gasteiger partial charge in [-0.25, -0.2) is 0 Å². The van der Waals surface area contributed by atoms with Gasteiger partial charge in [-0.2, -0.15) is 0 Å². The van der Waals surface area contributed by atoms with Gasteiger partial charge in [-0.1, -0.05) is 0 Å². The first-order chi connectivity index (χ1) is 1.91. The van der Waals surface area contributed by atoms with Gasteiger partial charge in [0.2, 0.25) is 0 Å². The molecule has 0 heterocycles. The van der Waals surface area contributed by atoms with Gasteiger partial charge in [0.15, 0.2) is 0 Å². The van der Waals surface area contributed by atoms with Gasteiger partial charge in [-0.3, -0.25) is 0 Å². The fourth-order valence-corrected chi connectivity index (χ4v) is 0. The van der Waals surface area contributed by atoms with Crippen molar-refractivity contribution in [2.45, 2.75) is 6.92 Å². The van der Waals surface area contributed by atoms with Gasteiger partial charge >= 0.3 is 0 Å². The van der Waals surface area contributed by atoms with Crippen LogP contribution in [0.15, 0.2) is 0 Å². The maximum absolute atomic E-state index is 2.93. The summed E-state index contributed by atoms with van der Waals surface area (Å²) in [6.07, 6.45) is 0. The third kappa shape index (κ3) is 1.78. The van der Waals surface area contributed by atoms with E-state index in [1.54, 1.807) is 6.92 Å². The van der Waals surface area contributed by atoms with Crippen molar-refractivity contribution in [3.63, 3.8) is 0 Å². The molecule has 0 spiro atoms. The zero-order chi connectivity index (χ0) is 3.41. The van der Waals surface area contributed by atoms with E-state index in [4.69, 9.17) is 0 Å². The lowest BCUT2D eigenvalue weighted by Gasteiger charge is -1.39. The van der Waals surface area contributed by atoms with E-state index in [2.05, 4.69) is 21.7 Å². The molecular weight excluding hydrogens is 64.1 g/mol. The van der Waals surface area contributed by atoms with E-state index < -0.39 is 0 Å². The molecule has 1 heteroatoms. The topological polar surface area (TPSA) is 0 Å². The standard InChI is InChI=1S/C3H3Si/c1-2-3-4/h1H3. The SMILES string of the molecule is CC#C[Si]. The first-order valence-corrected chi connectivity index (χ1v) is 1.50. The molecule has 3 radical (unpaired) electrons. The fourth-order valence-electron chi connectivity index (χ4n) is 0. The van der Waals surface area contributed by atoms with Crippen LogP contribution in [0.25, 0.3) is 0 Å². The minimum atomic E-state index is 1.77. The van der Waals surface area contributed by atoms with Crippen LogP contribution in [-0.2, 0) is 0 Å². The van der Waals surface area contributed by atoms with Crippen molar-refractivity contribution in [3.8, 4) is 11.5 Å². The second-order valence-corrected chi connectivity index (χ2v) is 0.625. The first kappa shape index (κ1) is 3.78. The van der Waals surface area contributed by atoms with E-state index in [1.807, 2.05) is 0 Å². The summed E-state index contributed by atoms with van der Waals surface area (Å²) in [6, 6.07) is 0. The zero-order valence-electron chi connectivity index (χ0n) is 2.50. The van der Waals surface area contributed by atoms with Crippen LogP contribution < -0.4 is 0 Å². The van der Waals surface area contributed by atoms with Gasteiger partial charge in [-0.15, -0.1) is 11.5 Å². The summed E-state index contributed by atoms with van der Waals surface area (Å²) < 4.78 is 0. The zero-order valence-corrected chi connectivity index (χ0v) is 3.50. The lowest BCUT2D eigenvalue weighted by Crippen LogP contribution is -1.41. The van der Waals surface area contributed by atoms with Gasteiger partial charge in [0.05, 0.1) is 0 Å². The summed E-state index contributed by atoms with van der Waals surface area (Å²) in [5.74, 6) is 2.59. The van der Waals surface area contributed by atoms with Crippen molar-refractivity contribution in [1.29, 1.82) is 0 Å². The van der Waals surface area contributed by atoms with Crippen LogP contribution >= 0.6 is 0 Å². The molecule has 0 N–H and O–H groups in total. The van der Waals surface area contributed by atoms with E-state index in [1.165, 1.54) is 0 Å². The molecule has 0 nitrogen and oxygen atoms in total. The van der Waals surface area contributed by atoms with Crippen molar-refractivity contribution in [3.05, 3.63) is 0 Å². The Morgan fingerprint density at radius 3 is 2.00 bits per heavy atom. The molecule has 0 fully saturated rings. The maximum atomic E-state index is 2.93. The summed E-state index contributed by atoms with van der Waals surface area (Å²) in [6.45, 7) is 1.77. The van der Waals surface area contributed by atoms with Crippen LogP contribution in [-0.4, -0.2) is 10.2 Å². The molecule has 0 aromatic heterocycles. The Bertz CT molecular complexity index is 40.0. The van der Waals surface area contributed by atoms with E-state index >= 15 is 0 Å². The second-order valence-electron chi connectivity index (χ2n) is 0.375. The highest BCUT2D eigenvalue weighted by molar-refractivity contribution is 6.22. The summed E-state index contributed by atoms with van der Waals surface area (Å²) >= 11 is 0. The van der Waals surface area contributed by atoms with Crippen molar-refractivity contribution in [2.75, 3.05) is 0 Å². The Labute approximate surface area is 29.6 Å². The van der Waals surface area contributed by atoms with Crippen LogP contribution in [0.5, 0.6) is 0 Å². The number of hydrogen-bond acceptors (Lipinski definition) is 0. The molecule has 0 aliphatic rings. The van der Waals surface area contributed by atoms with Crippen molar-refractivity contribution < 1.29 is 0 Å². The lowest BCUT2D eigenvalue weighted by molar-refractivity contribution is 1.93. The molecule has 0 amide bonds. The molecule has 0 aromatic carbocycles. The third-order valence-electron chi connectivity index (χ3n) is 0.125. The minimum Gasteiger partial charge on any atom is -0.139 e. The van der Waals surface area contributed by atoms with Crippen molar-refractivity contribution >= 4 is 10.2 Å². The van der Waals surface area contributed by atoms with Crippen molar-refractivity contribution in [2.24, 2.45) is 0 Å². The van der Waals surface area contributed by atoms with Crippen LogP contribution in [0, 0.1) is 11.5 Å². The molecule has 0 rings (SSSR count). The van der Waals surface area contributed by atoms with Crippen molar-refractivity contribution in [1.82, 2.24) is 0 Å². The third-order valence-corrected chi connectivity index (χ3v) is 0.375. The smallest absolute Gasteiger partial charge is 0.139 e. The predicted octanol–water partition coefficient (Wildman–Crippen LogP) is 0.136. The number of hydrogen-bond donors (Lipinski definition) is 0. The molecule has 0 atom stereocenters. The highest BCUT2D eigenvalue weighted by atomic mass is 28.1. The molecule has 4 heavy (non-hydrogen) atoms. The highest BCUT2D eigenvalue weighted by Gasteiger charge is 1.28. The van der Waals surface area contributed by atoms with Gasteiger partial charge < -0.3 is 0 Å². The Kier molecular flexibility index (Phi) is 2.62. The van der Waals surface area contributed by atoms with Gasteiger partial charge in [0.1, 0.15) is 10.2 Å². The fraction of sp³-hybridized carbons (Fsp3) is 0.333.